The summed E-state index contributed by atoms with van der Waals surface area (Å²) >= 11 is 0. The van der Waals surface area contributed by atoms with Crippen LogP contribution in [0.15, 0.2) is 42.5 Å². The molecule has 0 aliphatic carbocycles. The second-order valence-corrected chi connectivity index (χ2v) is 3.72. The Morgan fingerprint density at radius 1 is 0.938 bits per heavy atom. The van der Waals surface area contributed by atoms with E-state index in [9.17, 15) is 10.2 Å². The summed E-state index contributed by atoms with van der Waals surface area (Å²) in [5, 5.41) is 19.2. The van der Waals surface area contributed by atoms with Gasteiger partial charge in [0.1, 0.15) is 0 Å². The van der Waals surface area contributed by atoms with E-state index in [0.29, 0.717) is 6.42 Å². The minimum atomic E-state index is -0.0572. The summed E-state index contributed by atoms with van der Waals surface area (Å²) < 4.78 is 0. The number of phenolic OH excluding ortho intramolecular Hbond substituents is 2. The smallest absolute Gasteiger partial charge is 0.160 e. The maximum Gasteiger partial charge on any atom is 0.160 e. The lowest BCUT2D eigenvalue weighted by Gasteiger charge is -2.08. The summed E-state index contributed by atoms with van der Waals surface area (Å²) in [6.07, 6.45) is 0.695. The largest absolute Gasteiger partial charge is 0.504 e. The maximum absolute atomic E-state index is 9.62. The lowest BCUT2D eigenvalue weighted by molar-refractivity contribution is 0.400. The van der Waals surface area contributed by atoms with Crippen molar-refractivity contribution in [2.75, 3.05) is 0 Å². The van der Waals surface area contributed by atoms with Crippen LogP contribution in [0.5, 0.6) is 11.5 Å². The van der Waals surface area contributed by atoms with Gasteiger partial charge in [0, 0.05) is 0 Å². The van der Waals surface area contributed by atoms with Gasteiger partial charge in [-0.05, 0) is 35.2 Å². The van der Waals surface area contributed by atoms with Crippen molar-refractivity contribution in [1.29, 1.82) is 0 Å². The van der Waals surface area contributed by atoms with E-state index in [-0.39, 0.29) is 11.5 Å². The van der Waals surface area contributed by atoms with Gasteiger partial charge in [0.25, 0.3) is 0 Å². The zero-order valence-electron chi connectivity index (χ0n) is 9.14. The Bertz CT molecular complexity index is 490. The fourth-order valence-electron chi connectivity index (χ4n) is 1.74. The quantitative estimate of drug-likeness (QED) is 0.753. The molecule has 2 N–H and O–H groups in total. The molecule has 2 aromatic rings. The predicted octanol–water partition coefficient (Wildman–Crippen LogP) is 3.33. The molecule has 2 nitrogen and oxygen atoms in total. The van der Waals surface area contributed by atoms with E-state index >= 15 is 0 Å². The van der Waals surface area contributed by atoms with Crippen molar-refractivity contribution in [2.24, 2.45) is 0 Å². The molecule has 16 heavy (non-hydrogen) atoms. The molecular weight excluding hydrogens is 200 g/mol. The van der Waals surface area contributed by atoms with Gasteiger partial charge in [-0.2, -0.15) is 0 Å². The minimum Gasteiger partial charge on any atom is -0.504 e. The van der Waals surface area contributed by atoms with Crippen LogP contribution in [0.25, 0.3) is 11.1 Å². The van der Waals surface area contributed by atoms with Crippen molar-refractivity contribution in [3.63, 3.8) is 0 Å². The molecule has 0 saturated carbocycles. The zero-order valence-corrected chi connectivity index (χ0v) is 9.14. The molecule has 0 fully saturated rings. The van der Waals surface area contributed by atoms with Crippen molar-refractivity contribution in [2.45, 2.75) is 13.3 Å². The fourth-order valence-corrected chi connectivity index (χ4v) is 1.74. The Hall–Kier alpha value is -1.96. The minimum absolute atomic E-state index is 0.0119. The highest BCUT2D eigenvalue weighted by Gasteiger charge is 2.08. The van der Waals surface area contributed by atoms with E-state index in [1.165, 1.54) is 0 Å². The molecule has 0 aromatic heterocycles. The molecular formula is C14H14O2. The van der Waals surface area contributed by atoms with Gasteiger partial charge in [-0.25, -0.2) is 0 Å². The molecule has 2 heteroatoms. The molecule has 0 aliphatic rings. The van der Waals surface area contributed by atoms with Crippen LogP contribution in [-0.4, -0.2) is 10.2 Å². The highest BCUT2D eigenvalue weighted by Crippen LogP contribution is 2.34. The van der Waals surface area contributed by atoms with Crippen molar-refractivity contribution in [1.82, 2.24) is 0 Å². The van der Waals surface area contributed by atoms with E-state index in [0.717, 1.165) is 16.7 Å². The number of phenols is 2. The third-order valence-corrected chi connectivity index (χ3v) is 2.66. The Morgan fingerprint density at radius 3 is 2.25 bits per heavy atom. The van der Waals surface area contributed by atoms with Crippen molar-refractivity contribution in [3.05, 3.63) is 48.0 Å². The van der Waals surface area contributed by atoms with E-state index in [4.69, 9.17) is 0 Å². The number of hydrogen-bond acceptors (Lipinski definition) is 2. The molecule has 0 saturated heterocycles. The van der Waals surface area contributed by atoms with Crippen LogP contribution in [0, 0.1) is 0 Å². The SMILES string of the molecule is CCc1cc(-c2ccccc2)cc(O)c1O. The molecule has 0 amide bonds. The van der Waals surface area contributed by atoms with Gasteiger partial charge >= 0.3 is 0 Å². The standard InChI is InChI=1S/C14H14O2/c1-2-10-8-12(9-13(15)14(10)16)11-6-4-3-5-7-11/h3-9,15-16H,2H2,1H3. The van der Waals surface area contributed by atoms with Crippen LogP contribution in [0.1, 0.15) is 12.5 Å². The summed E-state index contributed by atoms with van der Waals surface area (Å²) in [4.78, 5) is 0. The molecule has 0 heterocycles. The summed E-state index contributed by atoms with van der Waals surface area (Å²) in [6, 6.07) is 13.3. The van der Waals surface area contributed by atoms with Crippen LogP contribution < -0.4 is 0 Å². The molecule has 0 spiro atoms. The topological polar surface area (TPSA) is 40.5 Å². The zero-order chi connectivity index (χ0) is 11.5. The highest BCUT2D eigenvalue weighted by atomic mass is 16.3. The summed E-state index contributed by atoms with van der Waals surface area (Å²) in [5.74, 6) is -0.0691. The van der Waals surface area contributed by atoms with Crippen LogP contribution >= 0.6 is 0 Å². The Balaban J connectivity index is 2.55. The first-order valence-corrected chi connectivity index (χ1v) is 5.32. The molecule has 0 radical (unpaired) electrons. The average molecular weight is 214 g/mol. The molecule has 0 atom stereocenters. The Labute approximate surface area is 94.8 Å². The second-order valence-electron chi connectivity index (χ2n) is 3.72. The first-order valence-electron chi connectivity index (χ1n) is 5.32. The summed E-state index contributed by atoms with van der Waals surface area (Å²) in [6.45, 7) is 1.95. The maximum atomic E-state index is 9.62. The average Bonchev–Trinajstić information content (AvgIpc) is 2.33. The van der Waals surface area contributed by atoms with Crippen LogP contribution in [0.3, 0.4) is 0 Å². The second kappa shape index (κ2) is 4.27. The number of hydrogen-bond donors (Lipinski definition) is 2. The third-order valence-electron chi connectivity index (χ3n) is 2.66. The van der Waals surface area contributed by atoms with E-state index in [1.54, 1.807) is 6.07 Å². The number of rotatable bonds is 2. The molecule has 0 bridgehead atoms. The normalized spacial score (nSPS) is 10.3. The lowest BCUT2D eigenvalue weighted by Crippen LogP contribution is -1.85. The van der Waals surface area contributed by atoms with Crippen LogP contribution in [0.2, 0.25) is 0 Å². The van der Waals surface area contributed by atoms with Gasteiger partial charge in [0.2, 0.25) is 0 Å². The Kier molecular flexibility index (Phi) is 2.82. The van der Waals surface area contributed by atoms with Gasteiger partial charge in [-0.15, -0.1) is 0 Å². The van der Waals surface area contributed by atoms with E-state index in [1.807, 2.05) is 43.3 Å². The fraction of sp³-hybridized carbons (Fsp3) is 0.143. The summed E-state index contributed by atoms with van der Waals surface area (Å²) in [7, 11) is 0. The molecule has 2 aromatic carbocycles. The van der Waals surface area contributed by atoms with Crippen molar-refractivity contribution in [3.8, 4) is 22.6 Å². The van der Waals surface area contributed by atoms with E-state index in [2.05, 4.69) is 0 Å². The van der Waals surface area contributed by atoms with Gasteiger partial charge in [0.05, 0.1) is 0 Å². The van der Waals surface area contributed by atoms with Gasteiger partial charge < -0.3 is 10.2 Å². The predicted molar refractivity (Wildman–Crippen MR) is 64.6 cm³/mol. The third kappa shape index (κ3) is 1.87. The van der Waals surface area contributed by atoms with Crippen LogP contribution in [-0.2, 0) is 6.42 Å². The lowest BCUT2D eigenvalue weighted by atomic mass is 10.0. The number of benzene rings is 2. The van der Waals surface area contributed by atoms with E-state index < -0.39 is 0 Å². The first kappa shape index (κ1) is 10.6. The van der Waals surface area contributed by atoms with Crippen LogP contribution in [0.4, 0.5) is 0 Å². The highest BCUT2D eigenvalue weighted by molar-refractivity contribution is 5.68. The Morgan fingerprint density at radius 2 is 1.62 bits per heavy atom. The van der Waals surface area contributed by atoms with Gasteiger partial charge in [-0.3, -0.25) is 0 Å². The van der Waals surface area contributed by atoms with Crippen molar-refractivity contribution < 1.29 is 10.2 Å². The van der Waals surface area contributed by atoms with Crippen molar-refractivity contribution >= 4 is 0 Å². The van der Waals surface area contributed by atoms with Gasteiger partial charge in [0.15, 0.2) is 11.5 Å². The number of aryl methyl sites for hydroxylation is 1. The summed E-state index contributed by atoms with van der Waals surface area (Å²) in [5.41, 5.74) is 2.72. The molecule has 0 unspecified atom stereocenters. The van der Waals surface area contributed by atoms with Gasteiger partial charge in [-0.1, -0.05) is 37.3 Å². The monoisotopic (exact) mass is 214 g/mol. The molecule has 2 rings (SSSR count). The first-order chi connectivity index (χ1) is 7.72. The molecule has 82 valence electrons. The number of aromatic hydroxyl groups is 2. The molecule has 0 aliphatic heterocycles.